The van der Waals surface area contributed by atoms with E-state index in [1.54, 1.807) is 31.2 Å². The molecule has 0 aromatic heterocycles. The standard InChI is InChI=1S/C21H24N2O3/c1-16(24)18-7-6-10-20(15-18)26-17(2)21(25)23-13-11-22(12-14-23)19-8-4-3-5-9-19/h3-10,15,17H,11-14H2,1-2H3/t17-/m0/s1. The molecule has 2 aromatic rings. The van der Waals surface area contributed by atoms with Crippen LogP contribution in [0.4, 0.5) is 5.69 Å². The summed E-state index contributed by atoms with van der Waals surface area (Å²) in [6.07, 6.45) is -0.583. The quantitative estimate of drug-likeness (QED) is 0.776. The van der Waals surface area contributed by atoms with Crippen molar-refractivity contribution in [2.45, 2.75) is 20.0 Å². The normalized spacial score (nSPS) is 15.5. The summed E-state index contributed by atoms with van der Waals surface area (Å²) < 4.78 is 5.77. The van der Waals surface area contributed by atoms with E-state index in [-0.39, 0.29) is 11.7 Å². The number of hydrogen-bond donors (Lipinski definition) is 0. The van der Waals surface area contributed by atoms with E-state index in [1.807, 2.05) is 23.1 Å². The number of rotatable bonds is 5. The molecule has 26 heavy (non-hydrogen) atoms. The topological polar surface area (TPSA) is 49.9 Å². The van der Waals surface area contributed by atoms with E-state index in [1.165, 1.54) is 12.6 Å². The molecule has 1 fully saturated rings. The van der Waals surface area contributed by atoms with Gasteiger partial charge in [0.15, 0.2) is 11.9 Å². The second kappa shape index (κ2) is 8.04. The zero-order chi connectivity index (χ0) is 18.5. The third-order valence-corrected chi connectivity index (χ3v) is 4.61. The lowest BCUT2D eigenvalue weighted by Gasteiger charge is -2.37. The van der Waals surface area contributed by atoms with E-state index in [4.69, 9.17) is 4.74 Å². The van der Waals surface area contributed by atoms with Crippen LogP contribution in [-0.2, 0) is 4.79 Å². The molecule has 3 rings (SSSR count). The van der Waals surface area contributed by atoms with Crippen molar-refractivity contribution in [2.75, 3.05) is 31.1 Å². The minimum Gasteiger partial charge on any atom is -0.481 e. The first kappa shape index (κ1) is 18.0. The molecule has 0 saturated carbocycles. The SMILES string of the molecule is CC(=O)c1cccc(O[C@@H](C)C(=O)N2CCN(c3ccccc3)CC2)c1. The van der Waals surface area contributed by atoms with E-state index < -0.39 is 6.10 Å². The highest BCUT2D eigenvalue weighted by molar-refractivity contribution is 5.94. The second-order valence-electron chi connectivity index (χ2n) is 6.49. The third kappa shape index (κ3) is 4.23. The maximum absolute atomic E-state index is 12.7. The van der Waals surface area contributed by atoms with Crippen molar-refractivity contribution in [3.8, 4) is 5.75 Å². The molecule has 1 saturated heterocycles. The molecular formula is C21H24N2O3. The Labute approximate surface area is 154 Å². The van der Waals surface area contributed by atoms with Gasteiger partial charge in [-0.1, -0.05) is 30.3 Å². The van der Waals surface area contributed by atoms with Gasteiger partial charge in [0.25, 0.3) is 5.91 Å². The average molecular weight is 352 g/mol. The molecule has 0 unspecified atom stereocenters. The molecule has 5 heteroatoms. The van der Waals surface area contributed by atoms with Crippen molar-refractivity contribution in [1.29, 1.82) is 0 Å². The van der Waals surface area contributed by atoms with Gasteiger partial charge in [-0.15, -0.1) is 0 Å². The summed E-state index contributed by atoms with van der Waals surface area (Å²) in [6.45, 7) is 6.24. The van der Waals surface area contributed by atoms with Crippen LogP contribution in [0.3, 0.4) is 0 Å². The number of piperazine rings is 1. The molecule has 1 atom stereocenters. The summed E-state index contributed by atoms with van der Waals surface area (Å²) >= 11 is 0. The number of para-hydroxylation sites is 1. The van der Waals surface area contributed by atoms with Crippen LogP contribution < -0.4 is 9.64 Å². The smallest absolute Gasteiger partial charge is 0.263 e. The van der Waals surface area contributed by atoms with Gasteiger partial charge in [0, 0.05) is 37.4 Å². The Morgan fingerprint density at radius 2 is 1.65 bits per heavy atom. The van der Waals surface area contributed by atoms with E-state index in [2.05, 4.69) is 17.0 Å². The Morgan fingerprint density at radius 3 is 2.31 bits per heavy atom. The zero-order valence-electron chi connectivity index (χ0n) is 15.2. The summed E-state index contributed by atoms with van der Waals surface area (Å²) in [5, 5.41) is 0. The highest BCUT2D eigenvalue weighted by Gasteiger charge is 2.26. The van der Waals surface area contributed by atoms with Crippen LogP contribution in [0.2, 0.25) is 0 Å². The molecule has 0 aliphatic carbocycles. The maximum Gasteiger partial charge on any atom is 0.263 e. The molecule has 1 heterocycles. The lowest BCUT2D eigenvalue weighted by molar-refractivity contribution is -0.138. The number of benzene rings is 2. The van der Waals surface area contributed by atoms with Crippen molar-refractivity contribution in [3.63, 3.8) is 0 Å². The van der Waals surface area contributed by atoms with Crippen LogP contribution in [-0.4, -0.2) is 48.9 Å². The van der Waals surface area contributed by atoms with Gasteiger partial charge in [0.1, 0.15) is 5.75 Å². The predicted octanol–water partition coefficient (Wildman–Crippen LogP) is 3.01. The molecule has 0 radical (unpaired) electrons. The van der Waals surface area contributed by atoms with Gasteiger partial charge in [0.05, 0.1) is 0 Å². The fraction of sp³-hybridized carbons (Fsp3) is 0.333. The Kier molecular flexibility index (Phi) is 5.56. The van der Waals surface area contributed by atoms with Crippen LogP contribution in [0, 0.1) is 0 Å². The molecule has 136 valence electrons. The fourth-order valence-electron chi connectivity index (χ4n) is 3.12. The van der Waals surface area contributed by atoms with Crippen LogP contribution in [0.1, 0.15) is 24.2 Å². The van der Waals surface area contributed by atoms with Gasteiger partial charge in [0.2, 0.25) is 0 Å². The van der Waals surface area contributed by atoms with E-state index in [9.17, 15) is 9.59 Å². The molecular weight excluding hydrogens is 328 g/mol. The summed E-state index contributed by atoms with van der Waals surface area (Å²) in [5.74, 6) is 0.499. The molecule has 2 aromatic carbocycles. The first-order valence-corrected chi connectivity index (χ1v) is 8.91. The summed E-state index contributed by atoms with van der Waals surface area (Å²) in [7, 11) is 0. The highest BCUT2D eigenvalue weighted by Crippen LogP contribution is 2.18. The van der Waals surface area contributed by atoms with Crippen LogP contribution in [0.5, 0.6) is 5.75 Å². The first-order chi connectivity index (χ1) is 12.5. The molecule has 5 nitrogen and oxygen atoms in total. The predicted molar refractivity (Wildman–Crippen MR) is 102 cm³/mol. The number of amides is 1. The Morgan fingerprint density at radius 1 is 0.962 bits per heavy atom. The van der Waals surface area contributed by atoms with Gasteiger partial charge in [-0.05, 0) is 38.1 Å². The van der Waals surface area contributed by atoms with Gasteiger partial charge < -0.3 is 14.5 Å². The molecule has 0 spiro atoms. The number of carbonyl (C=O) groups is 2. The zero-order valence-corrected chi connectivity index (χ0v) is 15.2. The average Bonchev–Trinajstić information content (AvgIpc) is 2.68. The van der Waals surface area contributed by atoms with Gasteiger partial charge in [-0.3, -0.25) is 9.59 Å². The number of carbonyl (C=O) groups excluding carboxylic acids is 2. The lowest BCUT2D eigenvalue weighted by Crippen LogP contribution is -2.52. The number of hydrogen-bond acceptors (Lipinski definition) is 4. The van der Waals surface area contributed by atoms with Gasteiger partial charge >= 0.3 is 0 Å². The van der Waals surface area contributed by atoms with Crippen LogP contribution in [0.25, 0.3) is 0 Å². The number of anilines is 1. The summed E-state index contributed by atoms with van der Waals surface area (Å²) in [6, 6.07) is 17.2. The third-order valence-electron chi connectivity index (χ3n) is 4.61. The molecule has 1 aliphatic heterocycles. The number of ether oxygens (including phenoxy) is 1. The van der Waals surface area contributed by atoms with Gasteiger partial charge in [-0.2, -0.15) is 0 Å². The van der Waals surface area contributed by atoms with Crippen molar-refractivity contribution < 1.29 is 14.3 Å². The molecule has 1 amide bonds. The minimum absolute atomic E-state index is 0.0218. The Balaban J connectivity index is 1.56. The lowest BCUT2D eigenvalue weighted by atomic mass is 10.1. The maximum atomic E-state index is 12.7. The largest absolute Gasteiger partial charge is 0.481 e. The van der Waals surface area contributed by atoms with E-state index >= 15 is 0 Å². The van der Waals surface area contributed by atoms with E-state index in [0.717, 1.165) is 13.1 Å². The Hall–Kier alpha value is -2.82. The minimum atomic E-state index is -0.583. The summed E-state index contributed by atoms with van der Waals surface area (Å²) in [5.41, 5.74) is 1.77. The van der Waals surface area contributed by atoms with Crippen LogP contribution >= 0.6 is 0 Å². The highest BCUT2D eigenvalue weighted by atomic mass is 16.5. The molecule has 1 aliphatic rings. The number of ketones is 1. The van der Waals surface area contributed by atoms with E-state index in [0.29, 0.717) is 24.4 Å². The van der Waals surface area contributed by atoms with Crippen molar-refractivity contribution in [1.82, 2.24) is 4.90 Å². The molecule has 0 N–H and O–H groups in total. The monoisotopic (exact) mass is 352 g/mol. The summed E-state index contributed by atoms with van der Waals surface area (Å²) in [4.78, 5) is 28.3. The Bertz CT molecular complexity index is 768. The van der Waals surface area contributed by atoms with Gasteiger partial charge in [-0.25, -0.2) is 0 Å². The van der Waals surface area contributed by atoms with Crippen molar-refractivity contribution in [2.24, 2.45) is 0 Å². The number of nitrogens with zero attached hydrogens (tertiary/aromatic N) is 2. The van der Waals surface area contributed by atoms with Crippen molar-refractivity contribution in [3.05, 3.63) is 60.2 Å². The first-order valence-electron chi connectivity index (χ1n) is 8.91. The fourth-order valence-corrected chi connectivity index (χ4v) is 3.12. The second-order valence-corrected chi connectivity index (χ2v) is 6.49. The molecule has 0 bridgehead atoms. The number of Topliss-reactive ketones (excluding diaryl/α,β-unsaturated/α-hetero) is 1. The van der Waals surface area contributed by atoms with Crippen LogP contribution in [0.15, 0.2) is 54.6 Å². The van der Waals surface area contributed by atoms with Crippen molar-refractivity contribution >= 4 is 17.4 Å².